The molecular formula is C29H33BrClN3O4S. The van der Waals surface area contributed by atoms with Crippen molar-refractivity contribution in [1.82, 2.24) is 10.2 Å². The van der Waals surface area contributed by atoms with Gasteiger partial charge >= 0.3 is 0 Å². The van der Waals surface area contributed by atoms with E-state index in [-0.39, 0.29) is 17.3 Å². The first-order valence-corrected chi connectivity index (χ1v) is 15.3. The molecule has 39 heavy (non-hydrogen) atoms. The van der Waals surface area contributed by atoms with E-state index in [2.05, 4.69) is 21.2 Å². The Kier molecular flexibility index (Phi) is 11.0. The molecular weight excluding hydrogens is 602 g/mol. The molecule has 3 rings (SSSR count). The predicted octanol–water partition coefficient (Wildman–Crippen LogP) is 5.94. The predicted molar refractivity (Wildman–Crippen MR) is 159 cm³/mol. The summed E-state index contributed by atoms with van der Waals surface area (Å²) in [5, 5.41) is 3.22. The van der Waals surface area contributed by atoms with Crippen molar-refractivity contribution in [3.05, 3.63) is 93.4 Å². The number of benzene rings is 3. The van der Waals surface area contributed by atoms with Gasteiger partial charge in [-0.25, -0.2) is 8.42 Å². The molecule has 0 aliphatic rings. The fourth-order valence-electron chi connectivity index (χ4n) is 3.99. The normalized spacial score (nSPS) is 12.0. The van der Waals surface area contributed by atoms with Crippen molar-refractivity contribution in [2.45, 2.75) is 51.1 Å². The number of hydrogen-bond acceptors (Lipinski definition) is 4. The summed E-state index contributed by atoms with van der Waals surface area (Å²) in [7, 11) is -4.14. The number of hydrogen-bond donors (Lipinski definition) is 1. The van der Waals surface area contributed by atoms with Crippen LogP contribution in [-0.4, -0.2) is 44.3 Å². The Morgan fingerprint density at radius 2 is 1.69 bits per heavy atom. The summed E-state index contributed by atoms with van der Waals surface area (Å²) in [6, 6.07) is 19.4. The molecule has 1 N–H and O–H groups in total. The molecule has 0 aliphatic heterocycles. The Labute approximate surface area is 244 Å². The molecule has 0 aliphatic carbocycles. The number of nitrogens with one attached hydrogen (secondary N) is 1. The fourth-order valence-corrected chi connectivity index (χ4v) is 5.91. The van der Waals surface area contributed by atoms with Crippen LogP contribution in [0.15, 0.2) is 82.2 Å². The molecule has 0 spiro atoms. The van der Waals surface area contributed by atoms with Crippen LogP contribution in [0.2, 0.25) is 5.02 Å². The lowest BCUT2D eigenvalue weighted by atomic mass is 10.1. The molecule has 0 radical (unpaired) electrons. The van der Waals surface area contributed by atoms with Crippen molar-refractivity contribution in [2.24, 2.45) is 0 Å². The van der Waals surface area contributed by atoms with Gasteiger partial charge in [0.2, 0.25) is 11.8 Å². The Morgan fingerprint density at radius 3 is 2.33 bits per heavy atom. The third-order valence-electron chi connectivity index (χ3n) is 6.31. The van der Waals surface area contributed by atoms with Crippen LogP contribution < -0.4 is 9.62 Å². The number of amides is 2. The van der Waals surface area contributed by atoms with E-state index in [1.165, 1.54) is 23.1 Å². The van der Waals surface area contributed by atoms with Crippen LogP contribution in [0, 0.1) is 6.92 Å². The quantitative estimate of drug-likeness (QED) is 0.250. The summed E-state index contributed by atoms with van der Waals surface area (Å²) in [4.78, 5) is 28.4. The Hall–Kier alpha value is -2.88. The summed E-state index contributed by atoms with van der Waals surface area (Å²) >= 11 is 9.67. The molecule has 0 saturated heterocycles. The molecule has 0 bridgehead atoms. The highest BCUT2D eigenvalue weighted by Gasteiger charge is 2.33. The van der Waals surface area contributed by atoms with E-state index in [9.17, 15) is 18.0 Å². The highest BCUT2D eigenvalue weighted by atomic mass is 79.9. The third kappa shape index (κ3) is 8.06. The molecule has 208 valence electrons. The van der Waals surface area contributed by atoms with Crippen molar-refractivity contribution in [2.75, 3.05) is 17.4 Å². The van der Waals surface area contributed by atoms with E-state index in [4.69, 9.17) is 11.6 Å². The maximum Gasteiger partial charge on any atom is 0.264 e. The highest BCUT2D eigenvalue weighted by molar-refractivity contribution is 9.10. The number of sulfonamides is 1. The van der Waals surface area contributed by atoms with Gasteiger partial charge in [-0.2, -0.15) is 0 Å². The lowest BCUT2D eigenvalue weighted by Gasteiger charge is -2.32. The van der Waals surface area contributed by atoms with Crippen LogP contribution >= 0.6 is 27.5 Å². The maximum absolute atomic E-state index is 13.9. The molecule has 10 heteroatoms. The number of rotatable bonds is 12. The molecule has 1 atom stereocenters. The van der Waals surface area contributed by atoms with Crippen LogP contribution in [0.3, 0.4) is 0 Å². The van der Waals surface area contributed by atoms with E-state index in [0.29, 0.717) is 22.8 Å². The highest BCUT2D eigenvalue weighted by Crippen LogP contribution is 2.30. The average molecular weight is 635 g/mol. The maximum atomic E-state index is 13.9. The van der Waals surface area contributed by atoms with Gasteiger partial charge in [0.25, 0.3) is 10.0 Å². The molecule has 3 aromatic rings. The van der Waals surface area contributed by atoms with Gasteiger partial charge in [-0.15, -0.1) is 0 Å². The fraction of sp³-hybridized carbons (Fsp3) is 0.310. The number of anilines is 1. The van der Waals surface area contributed by atoms with Crippen LogP contribution in [0.1, 0.15) is 37.8 Å². The number of carbonyl (C=O) groups excluding carboxylic acids is 2. The lowest BCUT2D eigenvalue weighted by Crippen LogP contribution is -2.51. The second-order valence-corrected chi connectivity index (χ2v) is 12.4. The van der Waals surface area contributed by atoms with Crippen LogP contribution in [0.4, 0.5) is 5.69 Å². The zero-order valence-corrected chi connectivity index (χ0v) is 25.4. The number of nitrogens with zero attached hydrogens (tertiary/aromatic N) is 2. The molecule has 0 saturated carbocycles. The number of carbonyl (C=O) groups is 2. The van der Waals surface area contributed by atoms with Crippen molar-refractivity contribution >= 4 is 55.1 Å². The van der Waals surface area contributed by atoms with E-state index >= 15 is 0 Å². The zero-order valence-electron chi connectivity index (χ0n) is 22.2. The minimum atomic E-state index is -4.14. The Morgan fingerprint density at radius 1 is 1.03 bits per heavy atom. The summed E-state index contributed by atoms with van der Waals surface area (Å²) in [5.41, 5.74) is 1.73. The molecule has 3 aromatic carbocycles. The third-order valence-corrected chi connectivity index (χ3v) is 8.85. The van der Waals surface area contributed by atoms with Gasteiger partial charge in [-0.3, -0.25) is 13.9 Å². The average Bonchev–Trinajstić information content (AvgIpc) is 2.92. The lowest BCUT2D eigenvalue weighted by molar-refractivity contribution is -0.139. The summed E-state index contributed by atoms with van der Waals surface area (Å²) in [5.74, 6) is -0.819. The van der Waals surface area contributed by atoms with Gasteiger partial charge in [-0.05, 0) is 67.8 Å². The van der Waals surface area contributed by atoms with Crippen LogP contribution in [0.25, 0.3) is 0 Å². The minimum absolute atomic E-state index is 0.0435. The summed E-state index contributed by atoms with van der Waals surface area (Å²) in [6.07, 6.45) is 1.73. The first-order valence-electron chi connectivity index (χ1n) is 12.7. The van der Waals surface area contributed by atoms with Crippen LogP contribution in [0.5, 0.6) is 0 Å². The van der Waals surface area contributed by atoms with E-state index in [1.54, 1.807) is 44.2 Å². The molecule has 2 amide bonds. The van der Waals surface area contributed by atoms with Gasteiger partial charge < -0.3 is 10.2 Å². The van der Waals surface area contributed by atoms with Crippen molar-refractivity contribution in [3.8, 4) is 0 Å². The van der Waals surface area contributed by atoms with Gasteiger partial charge in [0.05, 0.1) is 10.6 Å². The second kappa shape index (κ2) is 14.0. The van der Waals surface area contributed by atoms with Crippen LogP contribution in [-0.2, 0) is 26.2 Å². The topological polar surface area (TPSA) is 86.8 Å². The zero-order chi connectivity index (χ0) is 28.6. The van der Waals surface area contributed by atoms with E-state index < -0.39 is 28.5 Å². The molecule has 0 heterocycles. The van der Waals surface area contributed by atoms with Gasteiger partial charge in [0.15, 0.2) is 0 Å². The number of aryl methyl sites for hydroxylation is 1. The first kappa shape index (κ1) is 30.7. The Bertz CT molecular complexity index is 1390. The molecule has 0 aromatic heterocycles. The van der Waals surface area contributed by atoms with E-state index in [1.807, 2.05) is 31.2 Å². The smallest absolute Gasteiger partial charge is 0.264 e. The van der Waals surface area contributed by atoms with Gasteiger partial charge in [0, 0.05) is 22.6 Å². The van der Waals surface area contributed by atoms with E-state index in [0.717, 1.165) is 27.2 Å². The largest absolute Gasteiger partial charge is 0.354 e. The van der Waals surface area contributed by atoms with Gasteiger partial charge in [-0.1, -0.05) is 77.3 Å². The number of unbranched alkanes of at least 4 members (excludes halogenated alkanes) is 1. The molecule has 7 nitrogen and oxygen atoms in total. The monoisotopic (exact) mass is 633 g/mol. The standard InChI is InChI=1S/C29H33BrClN3O4S/c1-4-5-17-32-29(36)22(3)33(19-23-12-14-24(30)15-13-23)28(35)20-34(27-18-25(31)16-11-21(27)2)39(37,38)26-9-7-6-8-10-26/h6-16,18,22H,4-5,17,19-20H2,1-3H3,(H,32,36)/t22-/m1/s1. The first-order chi connectivity index (χ1) is 18.5. The molecule has 0 fully saturated rings. The molecule has 0 unspecified atom stereocenters. The minimum Gasteiger partial charge on any atom is -0.354 e. The Balaban J connectivity index is 2.02. The second-order valence-electron chi connectivity index (χ2n) is 9.22. The summed E-state index contributed by atoms with van der Waals surface area (Å²) in [6.45, 7) is 5.55. The van der Waals surface area contributed by atoms with Gasteiger partial charge in [0.1, 0.15) is 12.6 Å². The van der Waals surface area contributed by atoms with Crippen molar-refractivity contribution < 1.29 is 18.0 Å². The SMILES string of the molecule is CCCCNC(=O)[C@@H](C)N(Cc1ccc(Br)cc1)C(=O)CN(c1cc(Cl)ccc1C)S(=O)(=O)c1ccccc1. The summed E-state index contributed by atoms with van der Waals surface area (Å²) < 4.78 is 29.7. The van der Waals surface area contributed by atoms with Crippen molar-refractivity contribution in [3.63, 3.8) is 0 Å². The van der Waals surface area contributed by atoms with Crippen molar-refractivity contribution in [1.29, 1.82) is 0 Å². The number of halogens is 2.